The predicted molar refractivity (Wildman–Crippen MR) is 112 cm³/mol. The Kier molecular flexibility index (Phi) is 5.77. The third-order valence-electron chi connectivity index (χ3n) is 5.89. The van der Waals surface area contributed by atoms with Crippen LogP contribution >= 0.6 is 0 Å². The fourth-order valence-corrected chi connectivity index (χ4v) is 4.14. The molecule has 32 heavy (non-hydrogen) atoms. The molecule has 1 fully saturated rings. The van der Waals surface area contributed by atoms with E-state index in [-0.39, 0.29) is 23.8 Å². The number of fused-ring (bicyclic) bond motifs is 1. The zero-order chi connectivity index (χ0) is 23.0. The average Bonchev–Trinajstić information content (AvgIpc) is 2.74. The van der Waals surface area contributed by atoms with Crippen molar-refractivity contribution in [2.75, 3.05) is 13.1 Å². The van der Waals surface area contributed by atoms with E-state index >= 15 is 0 Å². The van der Waals surface area contributed by atoms with E-state index < -0.39 is 29.2 Å². The summed E-state index contributed by atoms with van der Waals surface area (Å²) in [5.41, 5.74) is 6.46. The van der Waals surface area contributed by atoms with E-state index in [1.165, 1.54) is 30.5 Å². The van der Waals surface area contributed by atoms with Crippen molar-refractivity contribution in [3.8, 4) is 5.69 Å². The zero-order valence-corrected chi connectivity index (χ0v) is 17.0. The molecule has 1 aliphatic heterocycles. The van der Waals surface area contributed by atoms with E-state index in [9.17, 15) is 27.2 Å². The number of nitrogens with zero attached hydrogens (tertiary/aromatic N) is 2. The molecule has 1 aliphatic rings. The molecule has 0 atom stereocenters. The molecule has 168 valence electrons. The van der Waals surface area contributed by atoms with Gasteiger partial charge < -0.3 is 10.3 Å². The van der Waals surface area contributed by atoms with Crippen LogP contribution in [-0.2, 0) is 6.54 Å². The fourth-order valence-electron chi connectivity index (χ4n) is 4.14. The highest BCUT2D eigenvalue weighted by atomic mass is 19.4. The lowest BCUT2D eigenvalue weighted by molar-refractivity contribution is -0.185. The molecule has 0 aliphatic carbocycles. The van der Waals surface area contributed by atoms with Gasteiger partial charge in [-0.25, -0.2) is 4.39 Å². The number of pyridine rings is 1. The lowest BCUT2D eigenvalue weighted by Gasteiger charge is -2.32. The van der Waals surface area contributed by atoms with E-state index in [0.29, 0.717) is 30.8 Å². The summed E-state index contributed by atoms with van der Waals surface area (Å²) in [5, 5.41) is 0.258. The quantitative estimate of drug-likeness (QED) is 0.615. The van der Waals surface area contributed by atoms with Gasteiger partial charge in [0.25, 0.3) is 5.91 Å². The number of piperidine rings is 1. The molecule has 0 unspecified atom stereocenters. The number of likely N-dealkylation sites (tertiary alicyclic amines) is 1. The lowest BCUT2D eigenvalue weighted by Crippen LogP contribution is -2.38. The number of hydrogen-bond acceptors (Lipinski definition) is 3. The third-order valence-corrected chi connectivity index (χ3v) is 5.89. The third kappa shape index (κ3) is 4.38. The minimum absolute atomic E-state index is 0.0419. The molecule has 0 bridgehead atoms. The van der Waals surface area contributed by atoms with Crippen molar-refractivity contribution in [2.24, 2.45) is 11.7 Å². The molecular formula is C23H21F4N3O2. The summed E-state index contributed by atoms with van der Waals surface area (Å²) in [5.74, 6) is -2.59. The molecule has 0 spiro atoms. The maximum atomic E-state index is 13.4. The Morgan fingerprint density at radius 1 is 1.06 bits per heavy atom. The average molecular weight is 447 g/mol. The number of carbonyl (C=O) groups is 1. The first-order chi connectivity index (χ1) is 15.1. The van der Waals surface area contributed by atoms with Crippen LogP contribution in [0.25, 0.3) is 16.6 Å². The van der Waals surface area contributed by atoms with Crippen LogP contribution in [0.1, 0.15) is 28.8 Å². The van der Waals surface area contributed by atoms with Crippen molar-refractivity contribution in [3.63, 3.8) is 0 Å². The van der Waals surface area contributed by atoms with Gasteiger partial charge in [-0.15, -0.1) is 0 Å². The Balaban J connectivity index is 1.69. The van der Waals surface area contributed by atoms with Gasteiger partial charge >= 0.3 is 6.18 Å². The maximum absolute atomic E-state index is 13.4. The molecule has 2 N–H and O–H groups in total. The number of alkyl halides is 3. The lowest BCUT2D eigenvalue weighted by atomic mass is 9.96. The topological polar surface area (TPSA) is 68.3 Å². The Hall–Kier alpha value is -3.20. The van der Waals surface area contributed by atoms with E-state index in [0.717, 1.165) is 5.56 Å². The van der Waals surface area contributed by atoms with Crippen molar-refractivity contribution in [3.05, 3.63) is 75.8 Å². The van der Waals surface area contributed by atoms with Gasteiger partial charge in [-0.05, 0) is 67.9 Å². The molecule has 1 aromatic heterocycles. The second-order valence-electron chi connectivity index (χ2n) is 8.03. The summed E-state index contributed by atoms with van der Waals surface area (Å²) < 4.78 is 53.7. The van der Waals surface area contributed by atoms with Crippen molar-refractivity contribution in [1.82, 2.24) is 9.47 Å². The van der Waals surface area contributed by atoms with Crippen LogP contribution in [0.4, 0.5) is 17.6 Å². The summed E-state index contributed by atoms with van der Waals surface area (Å²) in [7, 11) is 0. The van der Waals surface area contributed by atoms with Gasteiger partial charge in [-0.3, -0.25) is 14.5 Å². The molecule has 5 nitrogen and oxygen atoms in total. The number of hydrogen-bond donors (Lipinski definition) is 1. The maximum Gasteiger partial charge on any atom is 0.391 e. The summed E-state index contributed by atoms with van der Waals surface area (Å²) in [6.07, 6.45) is -2.76. The minimum Gasteiger partial charge on any atom is -0.365 e. The summed E-state index contributed by atoms with van der Waals surface area (Å²) in [6, 6.07) is 10.7. The molecule has 0 saturated carbocycles. The Morgan fingerprint density at radius 3 is 2.31 bits per heavy atom. The largest absolute Gasteiger partial charge is 0.391 e. The van der Waals surface area contributed by atoms with Crippen LogP contribution < -0.4 is 11.2 Å². The molecule has 2 heterocycles. The molecule has 9 heteroatoms. The molecule has 1 amide bonds. The van der Waals surface area contributed by atoms with Gasteiger partial charge in [0.2, 0.25) is 5.43 Å². The SMILES string of the molecule is NC(=O)c1cn(-c2ccc(F)cc2)c2ccc(CN3CCC(C(F)(F)F)CC3)cc2c1=O. The number of aromatic nitrogens is 1. The zero-order valence-electron chi connectivity index (χ0n) is 17.0. The number of rotatable bonds is 4. The number of nitrogens with two attached hydrogens (primary N) is 1. The predicted octanol–water partition coefficient (Wildman–Crippen LogP) is 4.00. The molecule has 0 radical (unpaired) electrons. The number of carbonyl (C=O) groups excluding carboxylic acids is 1. The number of halogens is 4. The number of benzene rings is 2. The standard InChI is InChI=1S/C23H21F4N3O2/c24-16-2-4-17(5-3-16)30-13-19(22(28)32)21(31)18-11-14(1-6-20(18)30)12-29-9-7-15(8-10-29)23(25,26)27/h1-6,11,13,15H,7-10,12H2,(H2,28,32). The summed E-state index contributed by atoms with van der Waals surface area (Å²) in [4.78, 5) is 26.7. The van der Waals surface area contributed by atoms with Crippen LogP contribution in [0.15, 0.2) is 53.5 Å². The van der Waals surface area contributed by atoms with E-state index in [2.05, 4.69) is 0 Å². The summed E-state index contributed by atoms with van der Waals surface area (Å²) in [6.45, 7) is 1.00. The number of primary amides is 1. The van der Waals surface area contributed by atoms with E-state index in [4.69, 9.17) is 5.73 Å². The monoisotopic (exact) mass is 447 g/mol. The van der Waals surface area contributed by atoms with Gasteiger partial charge in [-0.2, -0.15) is 13.2 Å². The van der Waals surface area contributed by atoms with Gasteiger partial charge in [0.15, 0.2) is 0 Å². The van der Waals surface area contributed by atoms with Gasteiger partial charge in [0, 0.05) is 23.8 Å². The van der Waals surface area contributed by atoms with Crippen LogP contribution in [0.2, 0.25) is 0 Å². The molecule has 3 aromatic rings. The first-order valence-corrected chi connectivity index (χ1v) is 10.2. The first-order valence-electron chi connectivity index (χ1n) is 10.2. The highest BCUT2D eigenvalue weighted by Gasteiger charge is 2.40. The fraction of sp³-hybridized carbons (Fsp3) is 0.304. The van der Waals surface area contributed by atoms with Crippen LogP contribution in [0.5, 0.6) is 0 Å². The second kappa shape index (κ2) is 8.38. The van der Waals surface area contributed by atoms with Gasteiger partial charge in [0.05, 0.1) is 11.4 Å². The Morgan fingerprint density at radius 2 is 1.72 bits per heavy atom. The van der Waals surface area contributed by atoms with E-state index in [1.54, 1.807) is 22.8 Å². The van der Waals surface area contributed by atoms with Crippen LogP contribution in [0, 0.1) is 11.7 Å². The van der Waals surface area contributed by atoms with Crippen molar-refractivity contribution in [1.29, 1.82) is 0 Å². The van der Waals surface area contributed by atoms with Gasteiger partial charge in [-0.1, -0.05) is 6.07 Å². The molecule has 4 rings (SSSR count). The van der Waals surface area contributed by atoms with Gasteiger partial charge in [0.1, 0.15) is 11.4 Å². The number of amides is 1. The molecule has 1 saturated heterocycles. The molecule has 2 aromatic carbocycles. The Labute approximate surface area is 181 Å². The van der Waals surface area contributed by atoms with Crippen molar-refractivity contribution < 1.29 is 22.4 Å². The minimum atomic E-state index is -4.17. The highest BCUT2D eigenvalue weighted by molar-refractivity contribution is 5.96. The molecular weight excluding hydrogens is 426 g/mol. The van der Waals surface area contributed by atoms with E-state index in [1.807, 2.05) is 4.90 Å². The summed E-state index contributed by atoms with van der Waals surface area (Å²) >= 11 is 0. The van der Waals surface area contributed by atoms with Crippen LogP contribution in [0.3, 0.4) is 0 Å². The van der Waals surface area contributed by atoms with Crippen LogP contribution in [-0.4, -0.2) is 34.6 Å². The second-order valence-corrected chi connectivity index (χ2v) is 8.03. The first kappa shape index (κ1) is 22.0. The normalized spacial score (nSPS) is 15.9. The highest BCUT2D eigenvalue weighted by Crippen LogP contribution is 2.34. The van der Waals surface area contributed by atoms with Crippen molar-refractivity contribution in [2.45, 2.75) is 25.6 Å². The van der Waals surface area contributed by atoms with Crippen molar-refractivity contribution >= 4 is 16.8 Å². The Bertz CT molecular complexity index is 1210. The smallest absolute Gasteiger partial charge is 0.365 e.